The number of piperidine rings is 1. The van der Waals surface area contributed by atoms with E-state index in [1.165, 1.54) is 89.8 Å². The van der Waals surface area contributed by atoms with E-state index < -0.39 is 0 Å². The molecule has 1 atom stereocenters. The van der Waals surface area contributed by atoms with Crippen LogP contribution in [0.25, 0.3) is 0 Å². The first-order valence-corrected chi connectivity index (χ1v) is 13.8. The van der Waals surface area contributed by atoms with Gasteiger partial charge in [0, 0.05) is 44.8 Å². The molecular weight excluding hydrogens is 418 g/mol. The average molecular weight is 462 g/mol. The van der Waals surface area contributed by atoms with E-state index in [-0.39, 0.29) is 0 Å². The minimum absolute atomic E-state index is 0.700. The molecule has 0 aromatic heterocycles. The first kappa shape index (κ1) is 23.8. The summed E-state index contributed by atoms with van der Waals surface area (Å²) in [6.45, 7) is 11.1. The lowest BCUT2D eigenvalue weighted by atomic mass is 9.88. The van der Waals surface area contributed by atoms with Crippen molar-refractivity contribution in [1.82, 2.24) is 14.7 Å². The van der Waals surface area contributed by atoms with Crippen molar-refractivity contribution in [3.8, 4) is 11.5 Å². The minimum atomic E-state index is 0.700. The molecule has 2 heterocycles. The zero-order chi connectivity index (χ0) is 23.2. The SMILES string of the molecule is CC1CN(CC2CCCCC2)CCN1C1CCN(Cc2ccc(Oc3ccccc3)cc2)CC1. The molecule has 1 aliphatic carbocycles. The molecule has 4 heteroatoms. The van der Waals surface area contributed by atoms with Crippen LogP contribution in [0, 0.1) is 5.92 Å². The minimum Gasteiger partial charge on any atom is -0.457 e. The van der Waals surface area contributed by atoms with Gasteiger partial charge >= 0.3 is 0 Å². The fourth-order valence-electron chi connectivity index (χ4n) is 6.45. The van der Waals surface area contributed by atoms with Gasteiger partial charge in [0.05, 0.1) is 0 Å². The van der Waals surface area contributed by atoms with E-state index in [9.17, 15) is 0 Å². The summed E-state index contributed by atoms with van der Waals surface area (Å²) < 4.78 is 5.94. The van der Waals surface area contributed by atoms with Gasteiger partial charge in [0.15, 0.2) is 0 Å². The molecule has 2 saturated heterocycles. The molecule has 2 aromatic rings. The van der Waals surface area contributed by atoms with E-state index in [2.05, 4.69) is 45.9 Å². The summed E-state index contributed by atoms with van der Waals surface area (Å²) in [5.74, 6) is 2.77. The van der Waals surface area contributed by atoms with Crippen molar-refractivity contribution >= 4 is 0 Å². The highest BCUT2D eigenvalue weighted by molar-refractivity contribution is 5.32. The third-order valence-corrected chi connectivity index (χ3v) is 8.34. The summed E-state index contributed by atoms with van der Waals surface area (Å²) in [5.41, 5.74) is 1.38. The summed E-state index contributed by atoms with van der Waals surface area (Å²) >= 11 is 0. The summed E-state index contributed by atoms with van der Waals surface area (Å²) in [5, 5.41) is 0. The van der Waals surface area contributed by atoms with Crippen molar-refractivity contribution in [3.63, 3.8) is 0 Å². The smallest absolute Gasteiger partial charge is 0.127 e. The van der Waals surface area contributed by atoms with Crippen molar-refractivity contribution in [2.45, 2.75) is 70.5 Å². The topological polar surface area (TPSA) is 19.0 Å². The normalized spacial score (nSPS) is 24.3. The Morgan fingerprint density at radius 1 is 0.735 bits per heavy atom. The number of nitrogens with zero attached hydrogens (tertiary/aromatic N) is 3. The first-order chi connectivity index (χ1) is 16.7. The van der Waals surface area contributed by atoms with E-state index in [4.69, 9.17) is 4.74 Å². The van der Waals surface area contributed by atoms with E-state index in [1.807, 2.05) is 30.3 Å². The Kier molecular flexibility index (Phi) is 8.21. The van der Waals surface area contributed by atoms with E-state index in [1.54, 1.807) is 0 Å². The van der Waals surface area contributed by atoms with Crippen LogP contribution in [0.3, 0.4) is 0 Å². The predicted octanol–water partition coefficient (Wildman–Crippen LogP) is 6.03. The highest BCUT2D eigenvalue weighted by atomic mass is 16.5. The Morgan fingerprint density at radius 3 is 2.15 bits per heavy atom. The van der Waals surface area contributed by atoms with E-state index in [0.29, 0.717) is 6.04 Å². The Bertz CT molecular complexity index is 856. The van der Waals surface area contributed by atoms with Crippen molar-refractivity contribution in [1.29, 1.82) is 0 Å². The van der Waals surface area contributed by atoms with Crippen LogP contribution in [0.5, 0.6) is 11.5 Å². The number of hydrogen-bond acceptors (Lipinski definition) is 4. The average Bonchev–Trinajstić information content (AvgIpc) is 2.87. The van der Waals surface area contributed by atoms with Crippen LogP contribution in [0.1, 0.15) is 57.4 Å². The van der Waals surface area contributed by atoms with Gasteiger partial charge in [-0.15, -0.1) is 0 Å². The Balaban J connectivity index is 1.05. The van der Waals surface area contributed by atoms with Gasteiger partial charge in [-0.05, 0) is 81.4 Å². The second kappa shape index (κ2) is 11.7. The third kappa shape index (κ3) is 6.41. The van der Waals surface area contributed by atoms with Gasteiger partial charge in [-0.2, -0.15) is 0 Å². The van der Waals surface area contributed by atoms with Gasteiger partial charge < -0.3 is 9.64 Å². The molecular formula is C30H43N3O. The number of benzene rings is 2. The van der Waals surface area contributed by atoms with Crippen LogP contribution in [-0.2, 0) is 6.54 Å². The van der Waals surface area contributed by atoms with Crippen molar-refractivity contribution < 1.29 is 4.74 Å². The fourth-order valence-corrected chi connectivity index (χ4v) is 6.45. The number of piperazine rings is 1. The number of para-hydroxylation sites is 1. The molecule has 3 aliphatic rings. The van der Waals surface area contributed by atoms with Gasteiger partial charge in [-0.1, -0.05) is 49.6 Å². The molecule has 34 heavy (non-hydrogen) atoms. The molecule has 0 spiro atoms. The Hall–Kier alpha value is -1.88. The lowest BCUT2D eigenvalue weighted by Crippen LogP contribution is -2.57. The molecule has 2 aliphatic heterocycles. The number of hydrogen-bond donors (Lipinski definition) is 0. The van der Waals surface area contributed by atoms with Gasteiger partial charge in [0.1, 0.15) is 11.5 Å². The molecule has 2 aromatic carbocycles. The second-order valence-corrected chi connectivity index (χ2v) is 10.9. The maximum Gasteiger partial charge on any atom is 0.127 e. The zero-order valence-electron chi connectivity index (χ0n) is 21.1. The summed E-state index contributed by atoms with van der Waals surface area (Å²) in [6.07, 6.45) is 9.94. The standard InChI is InChI=1S/C30H43N3O/c1-25-22-32(24-26-8-4-2-5-9-26)20-21-33(25)28-16-18-31(19-17-28)23-27-12-14-30(15-13-27)34-29-10-6-3-7-11-29/h3,6-7,10-15,25-26,28H,2,4-5,8-9,16-24H2,1H3. The number of rotatable bonds is 7. The molecule has 1 unspecified atom stereocenters. The molecule has 0 radical (unpaired) electrons. The van der Waals surface area contributed by atoms with Crippen molar-refractivity contribution in [3.05, 3.63) is 60.2 Å². The van der Waals surface area contributed by atoms with Crippen LogP contribution in [0.4, 0.5) is 0 Å². The molecule has 1 saturated carbocycles. The summed E-state index contributed by atoms with van der Waals surface area (Å²) in [4.78, 5) is 8.25. The first-order valence-electron chi connectivity index (χ1n) is 13.8. The van der Waals surface area contributed by atoms with Gasteiger partial charge in [0.2, 0.25) is 0 Å². The third-order valence-electron chi connectivity index (χ3n) is 8.34. The quantitative estimate of drug-likeness (QED) is 0.501. The van der Waals surface area contributed by atoms with Crippen LogP contribution in [-0.4, -0.2) is 66.1 Å². The fraction of sp³-hybridized carbons (Fsp3) is 0.600. The Morgan fingerprint density at radius 2 is 1.44 bits per heavy atom. The number of likely N-dealkylation sites (tertiary alicyclic amines) is 1. The van der Waals surface area contributed by atoms with Crippen molar-refractivity contribution in [2.24, 2.45) is 5.92 Å². The highest BCUT2D eigenvalue weighted by Crippen LogP contribution is 2.27. The Labute approximate surface area is 206 Å². The number of ether oxygens (including phenoxy) is 1. The zero-order valence-corrected chi connectivity index (χ0v) is 21.1. The summed E-state index contributed by atoms with van der Waals surface area (Å²) in [6, 6.07) is 20.1. The molecule has 4 nitrogen and oxygen atoms in total. The van der Waals surface area contributed by atoms with Crippen LogP contribution >= 0.6 is 0 Å². The van der Waals surface area contributed by atoms with Crippen LogP contribution in [0.2, 0.25) is 0 Å². The highest BCUT2D eigenvalue weighted by Gasteiger charge is 2.32. The van der Waals surface area contributed by atoms with Gasteiger partial charge in [0.25, 0.3) is 0 Å². The molecule has 3 fully saturated rings. The molecule has 5 rings (SSSR count). The molecule has 0 bridgehead atoms. The second-order valence-electron chi connectivity index (χ2n) is 10.9. The predicted molar refractivity (Wildman–Crippen MR) is 140 cm³/mol. The molecule has 0 N–H and O–H groups in total. The molecule has 184 valence electrons. The van der Waals surface area contributed by atoms with Gasteiger partial charge in [-0.25, -0.2) is 0 Å². The van der Waals surface area contributed by atoms with Gasteiger partial charge in [-0.3, -0.25) is 9.80 Å². The van der Waals surface area contributed by atoms with E-state index in [0.717, 1.165) is 30.0 Å². The van der Waals surface area contributed by atoms with Crippen LogP contribution in [0.15, 0.2) is 54.6 Å². The van der Waals surface area contributed by atoms with Crippen molar-refractivity contribution in [2.75, 3.05) is 39.3 Å². The van der Waals surface area contributed by atoms with Crippen LogP contribution < -0.4 is 4.74 Å². The summed E-state index contributed by atoms with van der Waals surface area (Å²) in [7, 11) is 0. The maximum absolute atomic E-state index is 5.94. The van der Waals surface area contributed by atoms with E-state index >= 15 is 0 Å². The lowest BCUT2D eigenvalue weighted by molar-refractivity contribution is 0.0142. The molecule has 0 amide bonds. The lowest BCUT2D eigenvalue weighted by Gasteiger charge is -2.47. The monoisotopic (exact) mass is 461 g/mol. The largest absolute Gasteiger partial charge is 0.457 e. The maximum atomic E-state index is 5.94.